The van der Waals surface area contributed by atoms with E-state index in [-0.39, 0.29) is 23.3 Å². The summed E-state index contributed by atoms with van der Waals surface area (Å²) in [4.78, 5) is 12.1. The molecule has 8 heteroatoms. The molecule has 1 amide bonds. The molecule has 27 heavy (non-hydrogen) atoms. The van der Waals surface area contributed by atoms with Crippen LogP contribution >= 0.6 is 0 Å². The monoisotopic (exact) mass is 391 g/mol. The smallest absolute Gasteiger partial charge is 0.261 e. The van der Waals surface area contributed by atoms with Gasteiger partial charge in [0.1, 0.15) is 5.82 Å². The van der Waals surface area contributed by atoms with Gasteiger partial charge in [0, 0.05) is 18.3 Å². The van der Waals surface area contributed by atoms with E-state index in [0.29, 0.717) is 18.2 Å². The molecule has 4 N–H and O–H groups in total. The molecule has 2 aromatic carbocycles. The maximum absolute atomic E-state index is 12.9. The van der Waals surface area contributed by atoms with E-state index in [1.807, 2.05) is 0 Å². The van der Waals surface area contributed by atoms with Crippen LogP contribution in [0.5, 0.6) is 0 Å². The van der Waals surface area contributed by atoms with Gasteiger partial charge in [0.05, 0.1) is 11.3 Å². The van der Waals surface area contributed by atoms with Crippen LogP contribution in [-0.2, 0) is 21.2 Å². The van der Waals surface area contributed by atoms with Gasteiger partial charge in [-0.2, -0.15) is 0 Å². The molecule has 0 saturated heterocycles. The van der Waals surface area contributed by atoms with Crippen molar-refractivity contribution in [2.45, 2.75) is 30.2 Å². The normalized spacial score (nSPS) is 15.2. The van der Waals surface area contributed by atoms with E-state index in [1.165, 1.54) is 12.1 Å². The maximum Gasteiger partial charge on any atom is 0.261 e. The predicted molar refractivity (Wildman–Crippen MR) is 101 cm³/mol. The number of nitrogens with two attached hydrogens (primary N) is 1. The van der Waals surface area contributed by atoms with Crippen LogP contribution in [0.4, 0.5) is 10.1 Å². The van der Waals surface area contributed by atoms with Crippen molar-refractivity contribution in [2.75, 3.05) is 11.3 Å². The quantitative estimate of drug-likeness (QED) is 0.641. The number of anilines is 1. The fraction of sp³-hybridized carbons (Fsp3) is 0.316. The molecule has 0 aliphatic heterocycles. The molecule has 1 aliphatic rings. The first-order chi connectivity index (χ1) is 12.9. The molecule has 0 heterocycles. The van der Waals surface area contributed by atoms with Gasteiger partial charge in [0.2, 0.25) is 5.91 Å². The number of carbonyl (C=O) groups excluding carboxylic acids is 1. The third-order valence-electron chi connectivity index (χ3n) is 4.49. The molecule has 0 radical (unpaired) electrons. The van der Waals surface area contributed by atoms with Crippen LogP contribution < -0.4 is 15.8 Å². The lowest BCUT2D eigenvalue weighted by Gasteiger charge is -2.16. The number of halogens is 1. The Morgan fingerprint density at radius 2 is 1.74 bits per heavy atom. The molecule has 1 unspecified atom stereocenters. The highest BCUT2D eigenvalue weighted by molar-refractivity contribution is 7.92. The van der Waals surface area contributed by atoms with Crippen LogP contribution in [0.15, 0.2) is 53.4 Å². The number of sulfonamides is 1. The molecule has 3 rings (SSSR count). The Kier molecular flexibility index (Phi) is 5.76. The van der Waals surface area contributed by atoms with Crippen LogP contribution in [0.2, 0.25) is 0 Å². The standard InChI is InChI=1S/C19H22FN3O3S/c20-15-5-9-17(10-6-15)27(25,26)23-16-7-1-13(2-8-16)11-19(24)22-18(12-21)14-3-4-14/h1-2,5-10,14,18,23H,3-4,11-12,21H2,(H,22,24). The van der Waals surface area contributed by atoms with Crippen molar-refractivity contribution < 1.29 is 17.6 Å². The second kappa shape index (κ2) is 8.06. The summed E-state index contributed by atoms with van der Waals surface area (Å²) >= 11 is 0. The molecule has 1 aliphatic carbocycles. The van der Waals surface area contributed by atoms with Crippen molar-refractivity contribution in [3.8, 4) is 0 Å². The zero-order valence-corrected chi connectivity index (χ0v) is 15.5. The minimum Gasteiger partial charge on any atom is -0.352 e. The molecule has 144 valence electrons. The number of carbonyl (C=O) groups is 1. The van der Waals surface area contributed by atoms with E-state index in [2.05, 4.69) is 10.0 Å². The number of rotatable bonds is 8. The summed E-state index contributed by atoms with van der Waals surface area (Å²) in [5.74, 6) is -0.116. The minimum absolute atomic E-state index is 0.0271. The molecule has 0 aromatic heterocycles. The van der Waals surface area contributed by atoms with Crippen molar-refractivity contribution in [2.24, 2.45) is 11.7 Å². The summed E-state index contributed by atoms with van der Waals surface area (Å²) in [6.07, 6.45) is 2.41. The fourth-order valence-electron chi connectivity index (χ4n) is 2.83. The summed E-state index contributed by atoms with van der Waals surface area (Å²) in [6.45, 7) is 0.431. The van der Waals surface area contributed by atoms with Crippen molar-refractivity contribution in [1.82, 2.24) is 5.32 Å². The van der Waals surface area contributed by atoms with Crippen LogP contribution in [0, 0.1) is 11.7 Å². The minimum atomic E-state index is -3.80. The van der Waals surface area contributed by atoms with Crippen LogP contribution in [-0.4, -0.2) is 26.9 Å². The number of hydrogen-bond acceptors (Lipinski definition) is 4. The van der Waals surface area contributed by atoms with Crippen LogP contribution in [0.1, 0.15) is 18.4 Å². The van der Waals surface area contributed by atoms with Crippen LogP contribution in [0.25, 0.3) is 0 Å². The third kappa shape index (κ3) is 5.27. The van der Waals surface area contributed by atoms with E-state index in [9.17, 15) is 17.6 Å². The Morgan fingerprint density at radius 3 is 2.30 bits per heavy atom. The summed E-state index contributed by atoms with van der Waals surface area (Å²) in [6, 6.07) is 11.2. The lowest BCUT2D eigenvalue weighted by atomic mass is 10.1. The number of amides is 1. The zero-order chi connectivity index (χ0) is 19.4. The van der Waals surface area contributed by atoms with E-state index in [4.69, 9.17) is 5.73 Å². The lowest BCUT2D eigenvalue weighted by molar-refractivity contribution is -0.121. The first-order valence-corrected chi connectivity index (χ1v) is 10.2. The van der Waals surface area contributed by atoms with E-state index in [1.54, 1.807) is 24.3 Å². The lowest BCUT2D eigenvalue weighted by Crippen LogP contribution is -2.42. The first kappa shape index (κ1) is 19.3. The SMILES string of the molecule is NCC(NC(=O)Cc1ccc(NS(=O)(=O)c2ccc(F)cc2)cc1)C1CC1. The Labute approximate surface area is 158 Å². The number of benzene rings is 2. The Balaban J connectivity index is 1.59. The average Bonchev–Trinajstić information content (AvgIpc) is 3.46. The molecular formula is C19H22FN3O3S. The number of nitrogens with one attached hydrogen (secondary N) is 2. The van der Waals surface area contributed by atoms with Gasteiger partial charge >= 0.3 is 0 Å². The second-order valence-corrected chi connectivity index (χ2v) is 8.36. The van der Waals surface area contributed by atoms with E-state index >= 15 is 0 Å². The van der Waals surface area contributed by atoms with Crippen molar-refractivity contribution in [1.29, 1.82) is 0 Å². The van der Waals surface area contributed by atoms with E-state index in [0.717, 1.165) is 30.5 Å². The highest BCUT2D eigenvalue weighted by Crippen LogP contribution is 2.32. The van der Waals surface area contributed by atoms with Gasteiger partial charge in [-0.1, -0.05) is 12.1 Å². The molecule has 0 bridgehead atoms. The molecule has 0 spiro atoms. The highest BCUT2D eigenvalue weighted by atomic mass is 32.2. The van der Waals surface area contributed by atoms with E-state index < -0.39 is 15.8 Å². The largest absolute Gasteiger partial charge is 0.352 e. The van der Waals surface area contributed by atoms with Gasteiger partial charge in [-0.15, -0.1) is 0 Å². The Hall–Kier alpha value is -2.45. The van der Waals surface area contributed by atoms with Crippen LogP contribution in [0.3, 0.4) is 0 Å². The highest BCUT2D eigenvalue weighted by Gasteiger charge is 2.31. The molecule has 2 aromatic rings. The van der Waals surface area contributed by atoms with Gasteiger partial charge in [0.15, 0.2) is 0 Å². The Bertz CT molecular complexity index is 895. The molecule has 1 atom stereocenters. The van der Waals surface area contributed by atoms with Gasteiger partial charge in [0.25, 0.3) is 10.0 Å². The molecule has 1 fully saturated rings. The van der Waals surface area contributed by atoms with Crippen molar-refractivity contribution >= 4 is 21.6 Å². The third-order valence-corrected chi connectivity index (χ3v) is 5.88. The first-order valence-electron chi connectivity index (χ1n) is 8.74. The van der Waals surface area contributed by atoms with Crippen molar-refractivity contribution in [3.63, 3.8) is 0 Å². The van der Waals surface area contributed by atoms with Gasteiger partial charge in [-0.3, -0.25) is 9.52 Å². The summed E-state index contributed by atoms with van der Waals surface area (Å²) in [5, 5.41) is 2.95. The predicted octanol–water partition coefficient (Wildman–Crippen LogP) is 2.02. The van der Waals surface area contributed by atoms with Gasteiger partial charge in [-0.05, 0) is 60.7 Å². The van der Waals surface area contributed by atoms with Crippen molar-refractivity contribution in [3.05, 3.63) is 59.9 Å². The van der Waals surface area contributed by atoms with Gasteiger partial charge in [-0.25, -0.2) is 12.8 Å². The topological polar surface area (TPSA) is 101 Å². The summed E-state index contributed by atoms with van der Waals surface area (Å²) < 4.78 is 40.0. The Morgan fingerprint density at radius 1 is 1.11 bits per heavy atom. The zero-order valence-electron chi connectivity index (χ0n) is 14.7. The molecular weight excluding hydrogens is 369 g/mol. The number of hydrogen-bond donors (Lipinski definition) is 3. The second-order valence-electron chi connectivity index (χ2n) is 6.68. The average molecular weight is 391 g/mol. The summed E-state index contributed by atoms with van der Waals surface area (Å²) in [5.41, 5.74) is 6.82. The van der Waals surface area contributed by atoms with Gasteiger partial charge < -0.3 is 11.1 Å². The fourth-order valence-corrected chi connectivity index (χ4v) is 3.89. The summed E-state index contributed by atoms with van der Waals surface area (Å²) in [7, 11) is -3.80. The maximum atomic E-state index is 12.9. The molecule has 1 saturated carbocycles. The molecule has 6 nitrogen and oxygen atoms in total.